The Morgan fingerprint density at radius 2 is 1.70 bits per heavy atom. The lowest BCUT2D eigenvalue weighted by atomic mass is 10.00. The van der Waals surface area contributed by atoms with Crippen molar-refractivity contribution in [1.29, 1.82) is 0 Å². The predicted octanol–water partition coefficient (Wildman–Crippen LogP) is 4.36. The van der Waals surface area contributed by atoms with Crippen LogP contribution in [0.3, 0.4) is 0 Å². The summed E-state index contributed by atoms with van der Waals surface area (Å²) in [5.41, 5.74) is -0.378. The SMILES string of the molecule is COc1cc(Cl)c(C(O)c2c(F)cccc2F)cc1Cl. The van der Waals surface area contributed by atoms with Gasteiger partial charge in [-0.25, -0.2) is 8.78 Å². The first kappa shape index (κ1) is 15.0. The fraction of sp³-hybridized carbons (Fsp3) is 0.143. The Bertz CT molecular complexity index is 627. The van der Waals surface area contributed by atoms with Gasteiger partial charge in [0.25, 0.3) is 0 Å². The van der Waals surface area contributed by atoms with Crippen molar-refractivity contribution in [2.45, 2.75) is 6.10 Å². The monoisotopic (exact) mass is 318 g/mol. The largest absolute Gasteiger partial charge is 0.495 e. The first-order chi connectivity index (χ1) is 9.45. The maximum atomic E-state index is 13.7. The Labute approximate surface area is 124 Å². The van der Waals surface area contributed by atoms with Gasteiger partial charge in [-0.2, -0.15) is 0 Å². The average molecular weight is 319 g/mol. The van der Waals surface area contributed by atoms with Gasteiger partial charge in [0, 0.05) is 11.6 Å². The summed E-state index contributed by atoms with van der Waals surface area (Å²) >= 11 is 11.9. The lowest BCUT2D eigenvalue weighted by Crippen LogP contribution is -2.06. The predicted molar refractivity (Wildman–Crippen MR) is 73.4 cm³/mol. The van der Waals surface area contributed by atoms with Crippen LogP contribution in [0, 0.1) is 11.6 Å². The number of hydrogen-bond acceptors (Lipinski definition) is 2. The van der Waals surface area contributed by atoms with Crippen molar-refractivity contribution in [3.63, 3.8) is 0 Å². The van der Waals surface area contributed by atoms with Gasteiger partial charge in [-0.3, -0.25) is 0 Å². The molecule has 0 radical (unpaired) electrons. The molecule has 0 bridgehead atoms. The Hall–Kier alpha value is -1.36. The number of rotatable bonds is 3. The van der Waals surface area contributed by atoms with Gasteiger partial charge >= 0.3 is 0 Å². The number of aliphatic hydroxyl groups excluding tert-OH is 1. The molecule has 0 saturated carbocycles. The van der Waals surface area contributed by atoms with E-state index in [0.29, 0.717) is 5.75 Å². The minimum Gasteiger partial charge on any atom is -0.495 e. The Kier molecular flexibility index (Phi) is 4.48. The van der Waals surface area contributed by atoms with Crippen LogP contribution < -0.4 is 4.74 Å². The summed E-state index contributed by atoms with van der Waals surface area (Å²) in [6.07, 6.45) is -1.56. The molecule has 0 aromatic heterocycles. The summed E-state index contributed by atoms with van der Waals surface area (Å²) in [4.78, 5) is 0. The Balaban J connectivity index is 2.54. The summed E-state index contributed by atoms with van der Waals surface area (Å²) in [5, 5.41) is 10.4. The zero-order valence-corrected chi connectivity index (χ0v) is 11.8. The quantitative estimate of drug-likeness (QED) is 0.911. The topological polar surface area (TPSA) is 29.5 Å². The highest BCUT2D eigenvalue weighted by Gasteiger charge is 2.23. The van der Waals surface area contributed by atoms with E-state index < -0.39 is 23.3 Å². The summed E-state index contributed by atoms with van der Waals surface area (Å²) in [6.45, 7) is 0. The Morgan fingerprint density at radius 3 is 2.25 bits per heavy atom. The minimum absolute atomic E-state index is 0.0985. The van der Waals surface area contributed by atoms with Crippen molar-refractivity contribution in [1.82, 2.24) is 0 Å². The van der Waals surface area contributed by atoms with E-state index in [1.165, 1.54) is 25.3 Å². The van der Waals surface area contributed by atoms with Gasteiger partial charge in [-0.05, 0) is 18.2 Å². The van der Waals surface area contributed by atoms with E-state index in [0.717, 1.165) is 12.1 Å². The van der Waals surface area contributed by atoms with Gasteiger partial charge in [0.1, 0.15) is 23.5 Å². The van der Waals surface area contributed by atoms with Crippen LogP contribution >= 0.6 is 23.2 Å². The second-order valence-electron chi connectivity index (χ2n) is 4.05. The fourth-order valence-electron chi connectivity index (χ4n) is 1.84. The molecule has 2 rings (SSSR count). The molecular formula is C14H10Cl2F2O2. The zero-order valence-electron chi connectivity index (χ0n) is 10.3. The molecule has 0 saturated heterocycles. The smallest absolute Gasteiger partial charge is 0.138 e. The second-order valence-corrected chi connectivity index (χ2v) is 4.86. The van der Waals surface area contributed by atoms with Crippen LogP contribution in [0.4, 0.5) is 8.78 Å². The second kappa shape index (κ2) is 5.95. The first-order valence-electron chi connectivity index (χ1n) is 5.60. The first-order valence-corrected chi connectivity index (χ1v) is 6.36. The molecule has 1 N–H and O–H groups in total. The van der Waals surface area contributed by atoms with Crippen LogP contribution in [-0.4, -0.2) is 12.2 Å². The molecule has 0 aliphatic carbocycles. The van der Waals surface area contributed by atoms with E-state index in [-0.39, 0.29) is 15.6 Å². The van der Waals surface area contributed by atoms with E-state index in [4.69, 9.17) is 27.9 Å². The van der Waals surface area contributed by atoms with Crippen LogP contribution in [0.5, 0.6) is 5.75 Å². The molecule has 106 valence electrons. The lowest BCUT2D eigenvalue weighted by Gasteiger charge is -2.16. The summed E-state index contributed by atoms with van der Waals surface area (Å²) in [7, 11) is 1.41. The molecule has 2 aromatic carbocycles. The maximum absolute atomic E-state index is 13.7. The minimum atomic E-state index is -1.56. The number of halogens is 4. The highest BCUT2D eigenvalue weighted by atomic mass is 35.5. The van der Waals surface area contributed by atoms with E-state index in [9.17, 15) is 13.9 Å². The third-order valence-corrected chi connectivity index (χ3v) is 3.46. The molecule has 0 amide bonds. The van der Waals surface area contributed by atoms with Crippen molar-refractivity contribution in [2.24, 2.45) is 0 Å². The molecule has 0 aliphatic rings. The molecule has 0 aliphatic heterocycles. The Morgan fingerprint density at radius 1 is 1.10 bits per heavy atom. The molecule has 2 aromatic rings. The summed E-state index contributed by atoms with van der Waals surface area (Å²) in [6, 6.07) is 6.02. The van der Waals surface area contributed by atoms with Crippen molar-refractivity contribution < 1.29 is 18.6 Å². The number of aliphatic hydroxyl groups is 1. The maximum Gasteiger partial charge on any atom is 0.138 e. The zero-order chi connectivity index (χ0) is 14.9. The van der Waals surface area contributed by atoms with Gasteiger partial charge in [0.15, 0.2) is 0 Å². The van der Waals surface area contributed by atoms with Crippen LogP contribution in [0.25, 0.3) is 0 Å². The number of ether oxygens (including phenoxy) is 1. The average Bonchev–Trinajstić information content (AvgIpc) is 2.40. The lowest BCUT2D eigenvalue weighted by molar-refractivity contribution is 0.209. The van der Waals surface area contributed by atoms with E-state index in [1.54, 1.807) is 0 Å². The molecule has 0 spiro atoms. The van der Waals surface area contributed by atoms with E-state index >= 15 is 0 Å². The standard InChI is InChI=1S/C14H10Cl2F2O2/c1-20-12-6-8(15)7(5-9(12)16)14(19)13-10(17)3-2-4-11(13)18/h2-6,14,19H,1H3. The molecule has 6 heteroatoms. The summed E-state index contributed by atoms with van der Waals surface area (Å²) < 4.78 is 32.3. The molecule has 0 fully saturated rings. The van der Waals surface area contributed by atoms with Crippen LogP contribution in [0.1, 0.15) is 17.2 Å². The van der Waals surface area contributed by atoms with Crippen LogP contribution in [-0.2, 0) is 0 Å². The highest BCUT2D eigenvalue weighted by Crippen LogP contribution is 2.37. The van der Waals surface area contributed by atoms with Gasteiger partial charge < -0.3 is 9.84 Å². The third kappa shape index (κ3) is 2.73. The summed E-state index contributed by atoms with van der Waals surface area (Å²) in [5.74, 6) is -1.41. The van der Waals surface area contributed by atoms with Crippen molar-refractivity contribution >= 4 is 23.2 Å². The van der Waals surface area contributed by atoms with Crippen molar-refractivity contribution in [3.8, 4) is 5.75 Å². The van der Waals surface area contributed by atoms with E-state index in [1.807, 2.05) is 0 Å². The highest BCUT2D eigenvalue weighted by molar-refractivity contribution is 6.34. The van der Waals surface area contributed by atoms with Gasteiger partial charge in [-0.15, -0.1) is 0 Å². The molecule has 1 atom stereocenters. The molecule has 20 heavy (non-hydrogen) atoms. The molecule has 0 heterocycles. The molecular weight excluding hydrogens is 309 g/mol. The number of methoxy groups -OCH3 is 1. The fourth-order valence-corrected chi connectivity index (χ4v) is 2.34. The number of hydrogen-bond donors (Lipinski definition) is 1. The van der Waals surface area contributed by atoms with Gasteiger partial charge in [0.05, 0.1) is 22.7 Å². The number of benzene rings is 2. The van der Waals surface area contributed by atoms with Crippen LogP contribution in [0.2, 0.25) is 10.0 Å². The van der Waals surface area contributed by atoms with E-state index in [2.05, 4.69) is 0 Å². The molecule has 1 unspecified atom stereocenters. The van der Waals surface area contributed by atoms with Crippen molar-refractivity contribution in [2.75, 3.05) is 7.11 Å². The third-order valence-electron chi connectivity index (χ3n) is 2.84. The molecule has 2 nitrogen and oxygen atoms in total. The van der Waals surface area contributed by atoms with Crippen molar-refractivity contribution in [3.05, 3.63) is 63.1 Å². The van der Waals surface area contributed by atoms with Crippen LogP contribution in [0.15, 0.2) is 30.3 Å². The van der Waals surface area contributed by atoms with Gasteiger partial charge in [-0.1, -0.05) is 29.3 Å². The van der Waals surface area contributed by atoms with Gasteiger partial charge in [0.2, 0.25) is 0 Å². The normalized spacial score (nSPS) is 12.3.